The van der Waals surface area contributed by atoms with Crippen LogP contribution in [-0.4, -0.2) is 6.18 Å². The first-order valence-electron chi connectivity index (χ1n) is 4.09. The Bertz CT molecular complexity index is 464. The highest BCUT2D eigenvalue weighted by atomic mass is 19.4. The molecule has 0 aliphatic carbocycles. The minimum atomic E-state index is -6.19. The summed E-state index contributed by atoms with van der Waals surface area (Å²) in [4.78, 5) is 0. The van der Waals surface area contributed by atoms with Gasteiger partial charge < -0.3 is 11.5 Å². The molecule has 1 rings (SSSR count). The average molecular weight is 280 g/mol. The van der Waals surface area contributed by atoms with Gasteiger partial charge in [0.05, 0.1) is 16.9 Å². The van der Waals surface area contributed by atoms with Crippen LogP contribution in [0.5, 0.6) is 0 Å². The molecule has 0 aromatic heterocycles. The fourth-order valence-electron chi connectivity index (χ4n) is 1.18. The number of halogens is 8. The van der Waals surface area contributed by atoms with Crippen molar-refractivity contribution in [1.82, 2.24) is 0 Å². The van der Waals surface area contributed by atoms with Crippen molar-refractivity contribution < 1.29 is 35.1 Å². The van der Waals surface area contributed by atoms with Crippen molar-refractivity contribution in [2.24, 2.45) is 0 Å². The summed E-state index contributed by atoms with van der Waals surface area (Å²) in [6, 6.07) is 0. The number of hydrogen-bond acceptors (Lipinski definition) is 2. The van der Waals surface area contributed by atoms with Crippen LogP contribution in [0.3, 0.4) is 0 Å². The number of benzene rings is 1. The van der Waals surface area contributed by atoms with Gasteiger partial charge in [0.2, 0.25) is 0 Å². The molecule has 0 heterocycles. The van der Waals surface area contributed by atoms with Gasteiger partial charge in [-0.25, -0.2) is 13.2 Å². The number of hydrogen-bond donors (Lipinski definition) is 2. The summed E-state index contributed by atoms with van der Waals surface area (Å²) in [7, 11) is 0. The van der Waals surface area contributed by atoms with Crippen LogP contribution in [0.4, 0.5) is 46.5 Å². The van der Waals surface area contributed by atoms with Crippen LogP contribution >= 0.6 is 0 Å². The maximum atomic E-state index is 12.9. The summed E-state index contributed by atoms with van der Waals surface area (Å²) in [5, 5.41) is 0. The van der Waals surface area contributed by atoms with Crippen LogP contribution in [0, 0.1) is 17.5 Å². The highest BCUT2D eigenvalue weighted by molar-refractivity contribution is 5.65. The summed E-state index contributed by atoms with van der Waals surface area (Å²) < 4.78 is 100. The standard InChI is InChI=1S/C8H4F8N2/c9-2-3(10)5(17)1(6(18)4(2)11)7(12,13)8(14,15)16/h17-18H2. The first-order valence-corrected chi connectivity index (χ1v) is 4.09. The molecule has 0 atom stereocenters. The van der Waals surface area contributed by atoms with Gasteiger partial charge >= 0.3 is 12.1 Å². The van der Waals surface area contributed by atoms with Gasteiger partial charge in [-0.3, -0.25) is 0 Å². The summed E-state index contributed by atoms with van der Waals surface area (Å²) in [5.74, 6) is -12.8. The Morgan fingerprint density at radius 1 is 0.667 bits per heavy atom. The topological polar surface area (TPSA) is 52.0 Å². The van der Waals surface area contributed by atoms with Crippen LogP contribution in [-0.2, 0) is 5.92 Å². The van der Waals surface area contributed by atoms with Gasteiger partial charge in [-0.2, -0.15) is 22.0 Å². The monoisotopic (exact) mass is 280 g/mol. The zero-order chi connectivity index (χ0) is 14.5. The van der Waals surface area contributed by atoms with Crippen molar-refractivity contribution >= 4 is 11.4 Å². The molecule has 0 fully saturated rings. The second-order valence-corrected chi connectivity index (χ2v) is 3.22. The van der Waals surface area contributed by atoms with E-state index in [-0.39, 0.29) is 0 Å². The number of alkyl halides is 5. The molecule has 102 valence electrons. The molecule has 0 aliphatic rings. The molecule has 0 saturated heterocycles. The summed E-state index contributed by atoms with van der Waals surface area (Å²) in [6.45, 7) is 0. The largest absolute Gasteiger partial charge is 0.458 e. The van der Waals surface area contributed by atoms with Crippen molar-refractivity contribution in [3.05, 3.63) is 23.0 Å². The minimum Gasteiger partial charge on any atom is -0.396 e. The van der Waals surface area contributed by atoms with Crippen LogP contribution in [0.15, 0.2) is 0 Å². The maximum absolute atomic E-state index is 12.9. The van der Waals surface area contributed by atoms with Gasteiger partial charge in [-0.05, 0) is 0 Å². The van der Waals surface area contributed by atoms with Crippen LogP contribution in [0.2, 0.25) is 0 Å². The fraction of sp³-hybridized carbons (Fsp3) is 0.250. The minimum absolute atomic E-state index is 1.89. The fourth-order valence-corrected chi connectivity index (χ4v) is 1.18. The second-order valence-electron chi connectivity index (χ2n) is 3.22. The predicted molar refractivity (Wildman–Crippen MR) is 45.1 cm³/mol. The van der Waals surface area contributed by atoms with Gasteiger partial charge in [-0.15, -0.1) is 0 Å². The maximum Gasteiger partial charge on any atom is 0.458 e. The van der Waals surface area contributed by atoms with Gasteiger partial charge in [0, 0.05) is 0 Å². The summed E-state index contributed by atoms with van der Waals surface area (Å²) >= 11 is 0. The lowest BCUT2D eigenvalue weighted by Crippen LogP contribution is -2.36. The summed E-state index contributed by atoms with van der Waals surface area (Å²) in [6.07, 6.45) is -6.19. The molecule has 10 heteroatoms. The molecule has 1 aromatic rings. The van der Waals surface area contributed by atoms with E-state index in [1.807, 2.05) is 0 Å². The normalized spacial score (nSPS) is 12.9. The van der Waals surface area contributed by atoms with E-state index in [1.54, 1.807) is 0 Å². The Morgan fingerprint density at radius 2 is 1.00 bits per heavy atom. The molecule has 0 aliphatic heterocycles. The molecule has 0 saturated carbocycles. The first-order chi connectivity index (χ1) is 7.93. The Morgan fingerprint density at radius 3 is 1.28 bits per heavy atom. The molecule has 4 N–H and O–H groups in total. The van der Waals surface area contributed by atoms with Gasteiger partial charge in [0.1, 0.15) is 0 Å². The van der Waals surface area contributed by atoms with E-state index >= 15 is 0 Å². The first kappa shape index (κ1) is 14.3. The molecule has 0 radical (unpaired) electrons. The molecular formula is C8H4F8N2. The molecule has 18 heavy (non-hydrogen) atoms. The molecule has 1 aromatic carbocycles. The van der Waals surface area contributed by atoms with Gasteiger partial charge in [0.15, 0.2) is 17.5 Å². The number of rotatable bonds is 1. The van der Waals surface area contributed by atoms with Crippen molar-refractivity contribution in [2.75, 3.05) is 11.5 Å². The molecular weight excluding hydrogens is 276 g/mol. The predicted octanol–water partition coefficient (Wildman–Crippen LogP) is 2.92. The molecule has 0 spiro atoms. The number of anilines is 2. The van der Waals surface area contributed by atoms with E-state index in [1.165, 1.54) is 0 Å². The quantitative estimate of drug-likeness (QED) is 0.472. The molecule has 0 bridgehead atoms. The van der Waals surface area contributed by atoms with Crippen molar-refractivity contribution in [3.63, 3.8) is 0 Å². The van der Waals surface area contributed by atoms with E-state index in [4.69, 9.17) is 0 Å². The SMILES string of the molecule is Nc1c(F)c(F)c(F)c(N)c1C(F)(F)C(F)(F)F. The number of nitrogens with two attached hydrogens (primary N) is 2. The lowest BCUT2D eigenvalue weighted by Gasteiger charge is -2.23. The zero-order valence-corrected chi connectivity index (χ0v) is 8.18. The van der Waals surface area contributed by atoms with Crippen LogP contribution in [0.1, 0.15) is 5.56 Å². The van der Waals surface area contributed by atoms with Crippen LogP contribution in [0.25, 0.3) is 0 Å². The highest BCUT2D eigenvalue weighted by Gasteiger charge is 2.61. The Labute approximate surface area is 94.2 Å². The van der Waals surface area contributed by atoms with Crippen LogP contribution < -0.4 is 11.5 Å². The van der Waals surface area contributed by atoms with E-state index in [9.17, 15) is 35.1 Å². The summed E-state index contributed by atoms with van der Waals surface area (Å²) in [5.41, 5.74) is 3.06. The average Bonchev–Trinajstić information content (AvgIpc) is 2.22. The Hall–Kier alpha value is -1.74. The molecule has 0 unspecified atom stereocenters. The lowest BCUT2D eigenvalue weighted by molar-refractivity contribution is -0.288. The van der Waals surface area contributed by atoms with Gasteiger partial charge in [0.25, 0.3) is 0 Å². The van der Waals surface area contributed by atoms with E-state index in [0.717, 1.165) is 0 Å². The Balaban J connectivity index is 3.72. The zero-order valence-electron chi connectivity index (χ0n) is 8.18. The van der Waals surface area contributed by atoms with Crippen molar-refractivity contribution in [1.29, 1.82) is 0 Å². The van der Waals surface area contributed by atoms with Gasteiger partial charge in [-0.1, -0.05) is 0 Å². The smallest absolute Gasteiger partial charge is 0.396 e. The lowest BCUT2D eigenvalue weighted by atomic mass is 10.0. The Kier molecular flexibility index (Phi) is 3.09. The van der Waals surface area contributed by atoms with E-state index in [2.05, 4.69) is 11.5 Å². The third-order valence-electron chi connectivity index (χ3n) is 2.07. The third kappa shape index (κ3) is 1.81. The molecule has 0 amide bonds. The second kappa shape index (κ2) is 3.89. The van der Waals surface area contributed by atoms with Crippen molar-refractivity contribution in [3.8, 4) is 0 Å². The molecule has 2 nitrogen and oxygen atoms in total. The van der Waals surface area contributed by atoms with E-state index < -0.39 is 46.5 Å². The number of nitrogen functional groups attached to an aromatic ring is 2. The third-order valence-corrected chi connectivity index (χ3v) is 2.07. The van der Waals surface area contributed by atoms with E-state index in [0.29, 0.717) is 0 Å². The van der Waals surface area contributed by atoms with Crippen molar-refractivity contribution in [2.45, 2.75) is 12.1 Å². The highest BCUT2D eigenvalue weighted by Crippen LogP contribution is 2.49.